The van der Waals surface area contributed by atoms with Gasteiger partial charge >= 0.3 is 0 Å². The van der Waals surface area contributed by atoms with E-state index in [1.807, 2.05) is 13.8 Å². The number of rotatable bonds is 3. The van der Waals surface area contributed by atoms with Crippen LogP contribution in [-0.2, 0) is 0 Å². The van der Waals surface area contributed by atoms with Crippen LogP contribution in [0.3, 0.4) is 0 Å². The Kier molecular flexibility index (Phi) is 7.45. The minimum absolute atomic E-state index is 0.613. The fourth-order valence-electron chi connectivity index (χ4n) is 1.45. The molecule has 3 nitrogen and oxygen atoms in total. The summed E-state index contributed by atoms with van der Waals surface area (Å²) in [6.45, 7) is 10.4. The molecular weight excluding hydrogens is 150 g/mol. The van der Waals surface area contributed by atoms with Crippen LogP contribution in [0.25, 0.3) is 0 Å². The highest BCUT2D eigenvalue weighted by molar-refractivity contribution is 4.79. The highest BCUT2D eigenvalue weighted by Gasteiger charge is 2.19. The van der Waals surface area contributed by atoms with E-state index in [9.17, 15) is 0 Å². The van der Waals surface area contributed by atoms with Crippen molar-refractivity contribution < 1.29 is 0 Å². The summed E-state index contributed by atoms with van der Waals surface area (Å²) in [5.41, 5.74) is 5.37. The van der Waals surface area contributed by atoms with Crippen LogP contribution in [-0.4, -0.2) is 37.2 Å². The number of nitrogens with one attached hydrogen (secondary N) is 1. The van der Waals surface area contributed by atoms with E-state index in [2.05, 4.69) is 17.1 Å². The molecule has 1 unspecified atom stereocenters. The Labute approximate surface area is 76.3 Å². The number of likely N-dealkylation sites (N-methyl/N-ethyl adjacent to an activating group) is 1. The lowest BCUT2D eigenvalue weighted by Crippen LogP contribution is -2.36. The quantitative estimate of drug-likeness (QED) is 0.615. The molecule has 74 valence electrons. The molecule has 0 aliphatic carbocycles. The monoisotopic (exact) mass is 173 g/mol. The maximum atomic E-state index is 5.37. The topological polar surface area (TPSA) is 41.3 Å². The van der Waals surface area contributed by atoms with E-state index in [-0.39, 0.29) is 0 Å². The molecule has 0 saturated carbocycles. The Hall–Kier alpha value is -0.120. The lowest BCUT2D eigenvalue weighted by Gasteiger charge is -2.12. The molecule has 1 saturated heterocycles. The van der Waals surface area contributed by atoms with Crippen molar-refractivity contribution in [1.82, 2.24) is 10.2 Å². The molecule has 0 radical (unpaired) electrons. The summed E-state index contributed by atoms with van der Waals surface area (Å²) in [6.07, 6.45) is 1.26. The molecule has 0 aromatic carbocycles. The van der Waals surface area contributed by atoms with Crippen molar-refractivity contribution in [1.29, 1.82) is 0 Å². The fraction of sp³-hybridized carbons (Fsp3) is 1.00. The molecule has 0 bridgehead atoms. The van der Waals surface area contributed by atoms with E-state index in [1.54, 1.807) is 0 Å². The van der Waals surface area contributed by atoms with Crippen LogP contribution in [0.2, 0.25) is 0 Å². The molecule has 1 aliphatic heterocycles. The first-order valence-corrected chi connectivity index (χ1v) is 5.02. The van der Waals surface area contributed by atoms with Crippen LogP contribution < -0.4 is 11.1 Å². The lowest BCUT2D eigenvalue weighted by molar-refractivity contribution is 0.346. The van der Waals surface area contributed by atoms with Crippen LogP contribution >= 0.6 is 0 Å². The van der Waals surface area contributed by atoms with Crippen LogP contribution in [0.15, 0.2) is 0 Å². The van der Waals surface area contributed by atoms with Crippen molar-refractivity contribution in [2.45, 2.75) is 33.2 Å². The van der Waals surface area contributed by atoms with E-state index in [0.717, 1.165) is 0 Å². The van der Waals surface area contributed by atoms with Gasteiger partial charge in [-0.2, -0.15) is 0 Å². The van der Waals surface area contributed by atoms with Crippen LogP contribution in [0, 0.1) is 0 Å². The van der Waals surface area contributed by atoms with E-state index in [4.69, 9.17) is 5.73 Å². The molecular formula is C9H23N3. The summed E-state index contributed by atoms with van der Waals surface area (Å²) in [7, 11) is 0. The molecule has 1 fully saturated rings. The van der Waals surface area contributed by atoms with Crippen molar-refractivity contribution in [2.24, 2.45) is 5.73 Å². The lowest BCUT2D eigenvalue weighted by atomic mass is 10.3. The summed E-state index contributed by atoms with van der Waals surface area (Å²) >= 11 is 0. The molecule has 1 heterocycles. The van der Waals surface area contributed by atoms with Crippen molar-refractivity contribution in [3.63, 3.8) is 0 Å². The van der Waals surface area contributed by atoms with Gasteiger partial charge in [0.15, 0.2) is 0 Å². The standard InChI is InChI=1S/C7H17N3.C2H6/c1-2-10-4-3-7(5-10)9-6-8;1-2/h7,9H,2-6,8H2,1H3;1-2H3. The Morgan fingerprint density at radius 2 is 2.17 bits per heavy atom. The zero-order chi connectivity index (χ0) is 9.40. The van der Waals surface area contributed by atoms with Gasteiger partial charge in [-0.05, 0) is 19.5 Å². The molecule has 0 spiro atoms. The fourth-order valence-corrected chi connectivity index (χ4v) is 1.45. The van der Waals surface area contributed by atoms with E-state index >= 15 is 0 Å². The maximum absolute atomic E-state index is 5.37. The minimum Gasteiger partial charge on any atom is -0.318 e. The first-order valence-electron chi connectivity index (χ1n) is 5.02. The van der Waals surface area contributed by atoms with Crippen molar-refractivity contribution in [3.8, 4) is 0 Å². The normalized spacial score (nSPS) is 23.5. The molecule has 12 heavy (non-hydrogen) atoms. The van der Waals surface area contributed by atoms with Gasteiger partial charge in [0, 0.05) is 19.3 Å². The predicted octanol–water partition coefficient (Wildman–Crippen LogP) is 0.613. The highest BCUT2D eigenvalue weighted by Crippen LogP contribution is 2.06. The first kappa shape index (κ1) is 11.9. The van der Waals surface area contributed by atoms with E-state index in [0.29, 0.717) is 12.7 Å². The van der Waals surface area contributed by atoms with Crippen molar-refractivity contribution in [2.75, 3.05) is 26.3 Å². The van der Waals surface area contributed by atoms with Crippen LogP contribution in [0.4, 0.5) is 0 Å². The van der Waals surface area contributed by atoms with Crippen LogP contribution in [0.1, 0.15) is 27.2 Å². The summed E-state index contributed by atoms with van der Waals surface area (Å²) in [5, 5.41) is 3.24. The Morgan fingerprint density at radius 3 is 2.58 bits per heavy atom. The average Bonchev–Trinajstić information content (AvgIpc) is 2.57. The number of nitrogens with two attached hydrogens (primary N) is 1. The van der Waals surface area contributed by atoms with Gasteiger partial charge in [-0.25, -0.2) is 0 Å². The second-order valence-corrected chi connectivity index (χ2v) is 2.79. The van der Waals surface area contributed by atoms with Crippen LogP contribution in [0.5, 0.6) is 0 Å². The third-order valence-electron chi connectivity index (χ3n) is 2.13. The summed E-state index contributed by atoms with van der Waals surface area (Å²) in [4.78, 5) is 2.44. The highest BCUT2D eigenvalue weighted by atomic mass is 15.2. The molecule has 1 aliphatic rings. The molecule has 3 heteroatoms. The number of nitrogens with zero attached hydrogens (tertiary/aromatic N) is 1. The molecule has 3 N–H and O–H groups in total. The van der Waals surface area contributed by atoms with Crippen molar-refractivity contribution in [3.05, 3.63) is 0 Å². The third-order valence-corrected chi connectivity index (χ3v) is 2.13. The number of likely N-dealkylation sites (tertiary alicyclic amines) is 1. The summed E-state index contributed by atoms with van der Waals surface area (Å²) in [5.74, 6) is 0. The Bertz CT molecular complexity index is 95.8. The summed E-state index contributed by atoms with van der Waals surface area (Å²) in [6, 6.07) is 0.643. The van der Waals surface area contributed by atoms with Gasteiger partial charge in [0.05, 0.1) is 0 Å². The first-order chi connectivity index (χ1) is 5.86. The van der Waals surface area contributed by atoms with Gasteiger partial charge in [0.1, 0.15) is 0 Å². The largest absolute Gasteiger partial charge is 0.318 e. The van der Waals surface area contributed by atoms with Gasteiger partial charge in [-0.1, -0.05) is 20.8 Å². The summed E-state index contributed by atoms with van der Waals surface area (Å²) < 4.78 is 0. The number of hydrogen-bond acceptors (Lipinski definition) is 3. The second-order valence-electron chi connectivity index (χ2n) is 2.79. The second kappa shape index (κ2) is 7.53. The molecule has 1 rings (SSSR count). The van der Waals surface area contributed by atoms with Gasteiger partial charge < -0.3 is 16.0 Å². The van der Waals surface area contributed by atoms with Crippen molar-refractivity contribution >= 4 is 0 Å². The smallest absolute Gasteiger partial charge is 0.0431 e. The predicted molar refractivity (Wildman–Crippen MR) is 54.1 cm³/mol. The molecule has 1 atom stereocenters. The Balaban J connectivity index is 0.000000561. The maximum Gasteiger partial charge on any atom is 0.0431 e. The average molecular weight is 173 g/mol. The molecule has 0 amide bonds. The number of hydrogen-bond donors (Lipinski definition) is 2. The van der Waals surface area contributed by atoms with Gasteiger partial charge in [-0.3, -0.25) is 0 Å². The van der Waals surface area contributed by atoms with E-state index < -0.39 is 0 Å². The molecule has 0 aromatic rings. The van der Waals surface area contributed by atoms with Gasteiger partial charge in [0.2, 0.25) is 0 Å². The molecule has 0 aromatic heterocycles. The zero-order valence-corrected chi connectivity index (χ0v) is 8.64. The van der Waals surface area contributed by atoms with E-state index in [1.165, 1.54) is 26.1 Å². The van der Waals surface area contributed by atoms with Gasteiger partial charge in [-0.15, -0.1) is 0 Å². The van der Waals surface area contributed by atoms with Gasteiger partial charge in [0.25, 0.3) is 0 Å². The SMILES string of the molecule is CC.CCN1CCC(NCN)C1. The zero-order valence-electron chi connectivity index (χ0n) is 8.64. The Morgan fingerprint density at radius 1 is 1.50 bits per heavy atom. The third kappa shape index (κ3) is 4.04. The minimum atomic E-state index is 0.613.